The Hall–Kier alpha value is -1.91. The summed E-state index contributed by atoms with van der Waals surface area (Å²) < 4.78 is 0. The van der Waals surface area contributed by atoms with Gasteiger partial charge in [0.05, 0.1) is 5.69 Å². The molecule has 0 radical (unpaired) electrons. The van der Waals surface area contributed by atoms with Crippen LogP contribution in [0.1, 0.15) is 43.1 Å². The average Bonchev–Trinajstić information content (AvgIpc) is 3.16. The third-order valence-electron chi connectivity index (χ3n) is 5.70. The van der Waals surface area contributed by atoms with Crippen LogP contribution in [0.3, 0.4) is 0 Å². The maximum Gasteiger partial charge on any atom is 0.251 e. The Labute approximate surface area is 135 Å². The van der Waals surface area contributed by atoms with Crippen LogP contribution in [0.2, 0.25) is 0 Å². The van der Waals surface area contributed by atoms with Crippen LogP contribution in [0.25, 0.3) is 0 Å². The van der Waals surface area contributed by atoms with Crippen molar-refractivity contribution >= 4 is 5.91 Å². The zero-order chi connectivity index (χ0) is 16.0. The Kier molecular flexibility index (Phi) is 3.58. The Morgan fingerprint density at radius 2 is 2.04 bits per heavy atom. The number of hydrogen-bond donors (Lipinski definition) is 1. The van der Waals surface area contributed by atoms with Crippen molar-refractivity contribution in [2.75, 3.05) is 13.1 Å². The van der Waals surface area contributed by atoms with E-state index in [0.717, 1.165) is 38.0 Å². The van der Waals surface area contributed by atoms with Gasteiger partial charge in [0.1, 0.15) is 5.82 Å². The largest absolute Gasteiger partial charge is 0.342 e. The molecular formula is C18H23N3O2. The second-order valence-electron chi connectivity index (χ2n) is 7.24. The minimum Gasteiger partial charge on any atom is -0.342 e. The summed E-state index contributed by atoms with van der Waals surface area (Å²) in [6.07, 6.45) is 8.53. The minimum absolute atomic E-state index is 0.0835. The number of piperidine rings is 1. The molecule has 1 aliphatic heterocycles. The van der Waals surface area contributed by atoms with E-state index in [1.54, 1.807) is 6.07 Å². The first-order valence-electron chi connectivity index (χ1n) is 8.65. The van der Waals surface area contributed by atoms with Crippen molar-refractivity contribution in [2.24, 2.45) is 17.8 Å². The molecule has 2 bridgehead atoms. The van der Waals surface area contributed by atoms with E-state index in [9.17, 15) is 9.59 Å². The molecular weight excluding hydrogens is 290 g/mol. The summed E-state index contributed by atoms with van der Waals surface area (Å²) >= 11 is 0. The summed E-state index contributed by atoms with van der Waals surface area (Å²) in [4.78, 5) is 33.6. The summed E-state index contributed by atoms with van der Waals surface area (Å²) in [5, 5.41) is 0. The number of carbonyl (C=O) groups is 1. The second kappa shape index (κ2) is 5.62. The van der Waals surface area contributed by atoms with Crippen LogP contribution in [0, 0.1) is 24.7 Å². The molecule has 4 rings (SSSR count). The average molecular weight is 313 g/mol. The fraction of sp³-hybridized carbons (Fsp3) is 0.611. The Bertz CT molecular complexity index is 700. The topological polar surface area (TPSA) is 66.1 Å². The lowest BCUT2D eigenvalue weighted by atomic mass is 9.89. The van der Waals surface area contributed by atoms with E-state index in [1.807, 2.05) is 11.8 Å². The van der Waals surface area contributed by atoms with E-state index in [2.05, 4.69) is 22.1 Å². The van der Waals surface area contributed by atoms with Gasteiger partial charge in [-0.05, 0) is 44.4 Å². The number of nitrogens with zero attached hydrogens (tertiary/aromatic N) is 2. The third-order valence-corrected chi connectivity index (χ3v) is 5.70. The lowest BCUT2D eigenvalue weighted by Crippen LogP contribution is -2.42. The number of H-pyrrole nitrogens is 1. The molecule has 2 heterocycles. The number of amides is 1. The highest BCUT2D eigenvalue weighted by Gasteiger charge is 2.42. The molecule has 0 aromatic carbocycles. The smallest absolute Gasteiger partial charge is 0.251 e. The van der Waals surface area contributed by atoms with Crippen LogP contribution in [0.15, 0.2) is 23.0 Å². The van der Waals surface area contributed by atoms with Gasteiger partial charge in [0, 0.05) is 31.0 Å². The van der Waals surface area contributed by atoms with Crippen molar-refractivity contribution in [1.82, 2.24) is 14.9 Å². The van der Waals surface area contributed by atoms with Crippen molar-refractivity contribution in [1.29, 1.82) is 0 Å². The summed E-state index contributed by atoms with van der Waals surface area (Å²) in [5.74, 6) is 2.62. The molecule has 2 fully saturated rings. The highest BCUT2D eigenvalue weighted by molar-refractivity contribution is 5.80. The van der Waals surface area contributed by atoms with Gasteiger partial charge in [-0.2, -0.15) is 0 Å². The van der Waals surface area contributed by atoms with Crippen molar-refractivity contribution in [3.05, 3.63) is 40.1 Å². The first-order chi connectivity index (χ1) is 11.1. The van der Waals surface area contributed by atoms with Crippen molar-refractivity contribution < 1.29 is 4.79 Å². The molecule has 1 N–H and O–H groups in total. The van der Waals surface area contributed by atoms with E-state index in [-0.39, 0.29) is 11.5 Å². The van der Waals surface area contributed by atoms with Gasteiger partial charge in [-0.25, -0.2) is 4.98 Å². The predicted octanol–water partition coefficient (Wildman–Crippen LogP) is 2.00. The fourth-order valence-corrected chi connectivity index (χ4v) is 4.51. The lowest BCUT2D eigenvalue weighted by Gasteiger charge is -2.34. The first-order valence-corrected chi connectivity index (χ1v) is 8.65. The van der Waals surface area contributed by atoms with Gasteiger partial charge in [-0.15, -0.1) is 0 Å². The van der Waals surface area contributed by atoms with E-state index in [4.69, 9.17) is 0 Å². The summed E-state index contributed by atoms with van der Waals surface area (Å²) in [5.41, 5.74) is 0.793. The van der Waals surface area contributed by atoms with Gasteiger partial charge in [-0.3, -0.25) is 9.59 Å². The number of rotatable bonds is 2. The van der Waals surface area contributed by atoms with Gasteiger partial charge in [0.15, 0.2) is 0 Å². The van der Waals surface area contributed by atoms with Crippen LogP contribution >= 0.6 is 0 Å². The highest BCUT2D eigenvalue weighted by atomic mass is 16.2. The minimum atomic E-state index is -0.0835. The van der Waals surface area contributed by atoms with Crippen LogP contribution in [0.5, 0.6) is 0 Å². The summed E-state index contributed by atoms with van der Waals surface area (Å²) in [6.45, 7) is 3.38. The molecule has 1 aromatic rings. The molecule has 5 heteroatoms. The summed E-state index contributed by atoms with van der Waals surface area (Å²) in [6, 6.07) is 1.61. The molecule has 5 nitrogen and oxygen atoms in total. The van der Waals surface area contributed by atoms with Gasteiger partial charge < -0.3 is 9.88 Å². The molecule has 1 aromatic heterocycles. The van der Waals surface area contributed by atoms with E-state index in [1.165, 1.54) is 6.42 Å². The summed E-state index contributed by atoms with van der Waals surface area (Å²) in [7, 11) is 0. The number of fused-ring (bicyclic) bond motifs is 2. The van der Waals surface area contributed by atoms with Crippen molar-refractivity contribution in [3.63, 3.8) is 0 Å². The number of hydrogen-bond acceptors (Lipinski definition) is 3. The third kappa shape index (κ3) is 2.73. The van der Waals surface area contributed by atoms with Gasteiger partial charge in [-0.1, -0.05) is 12.2 Å². The molecule has 0 unspecified atom stereocenters. The number of aromatic nitrogens is 2. The number of carbonyl (C=O) groups excluding carboxylic acids is 1. The molecule has 122 valence electrons. The second-order valence-corrected chi connectivity index (χ2v) is 7.24. The van der Waals surface area contributed by atoms with Crippen LogP contribution in [-0.4, -0.2) is 33.9 Å². The zero-order valence-corrected chi connectivity index (χ0v) is 13.5. The van der Waals surface area contributed by atoms with Crippen LogP contribution in [0.4, 0.5) is 0 Å². The molecule has 23 heavy (non-hydrogen) atoms. The van der Waals surface area contributed by atoms with Gasteiger partial charge in [0.25, 0.3) is 5.56 Å². The number of nitrogens with one attached hydrogen (secondary N) is 1. The van der Waals surface area contributed by atoms with E-state index in [0.29, 0.717) is 29.5 Å². The van der Waals surface area contributed by atoms with Gasteiger partial charge >= 0.3 is 0 Å². The maximum atomic E-state index is 12.8. The molecule has 0 spiro atoms. The first kappa shape index (κ1) is 14.7. The molecule has 2 aliphatic carbocycles. The quantitative estimate of drug-likeness (QED) is 0.849. The van der Waals surface area contributed by atoms with E-state index < -0.39 is 0 Å². The molecule has 1 saturated carbocycles. The normalized spacial score (nSPS) is 30.1. The molecule has 3 aliphatic rings. The Balaban J connectivity index is 1.40. The molecule has 3 atom stereocenters. The Morgan fingerprint density at radius 1 is 1.26 bits per heavy atom. The fourth-order valence-electron chi connectivity index (χ4n) is 4.51. The monoisotopic (exact) mass is 313 g/mol. The molecule has 1 amide bonds. The number of likely N-dealkylation sites (tertiary alicyclic amines) is 1. The number of aryl methyl sites for hydroxylation is 1. The highest BCUT2D eigenvalue weighted by Crippen LogP contribution is 2.44. The Morgan fingerprint density at radius 3 is 2.65 bits per heavy atom. The number of allylic oxidation sites excluding steroid dienone is 2. The number of aromatic amines is 1. The lowest BCUT2D eigenvalue weighted by molar-refractivity contribution is -0.137. The van der Waals surface area contributed by atoms with Crippen LogP contribution < -0.4 is 5.56 Å². The van der Waals surface area contributed by atoms with Crippen molar-refractivity contribution in [2.45, 2.75) is 38.5 Å². The maximum absolute atomic E-state index is 12.8. The molecule has 1 saturated heterocycles. The SMILES string of the molecule is Cc1nc(C2CCN(C(=O)[C@@H]3C[C@@H]4C=C[C@H]3C4)CC2)cc(=O)[nH]1. The van der Waals surface area contributed by atoms with Gasteiger partial charge in [0.2, 0.25) is 5.91 Å². The van der Waals surface area contributed by atoms with Crippen LogP contribution in [-0.2, 0) is 4.79 Å². The predicted molar refractivity (Wildman–Crippen MR) is 87.0 cm³/mol. The van der Waals surface area contributed by atoms with E-state index >= 15 is 0 Å². The zero-order valence-electron chi connectivity index (χ0n) is 13.5. The van der Waals surface area contributed by atoms with Crippen molar-refractivity contribution in [3.8, 4) is 0 Å². The standard InChI is InChI=1S/C18H23N3O2/c1-11-19-16(10-17(22)20-11)13-4-6-21(7-5-13)18(23)15-9-12-2-3-14(15)8-12/h2-3,10,12-15H,4-9H2,1H3,(H,19,20,22)/t12-,14+,15-/m1/s1.